The van der Waals surface area contributed by atoms with Gasteiger partial charge >= 0.3 is 0 Å². The molecule has 3 heteroatoms. The molecule has 0 atom stereocenters. The molecule has 0 bridgehead atoms. The Balaban J connectivity index is 0.769. The Morgan fingerprint density at radius 1 is 0.137 bits per heavy atom. The number of nitrogens with zero attached hydrogens (tertiary/aromatic N) is 3. The van der Waals surface area contributed by atoms with E-state index in [1.54, 1.807) is 0 Å². The minimum absolute atomic E-state index is 1.09. The summed E-state index contributed by atoms with van der Waals surface area (Å²) in [7, 11) is 0. The van der Waals surface area contributed by atoms with Crippen LogP contribution in [0.1, 0.15) is 0 Å². The lowest BCUT2D eigenvalue weighted by molar-refractivity contribution is 1.28. The van der Waals surface area contributed by atoms with Crippen molar-refractivity contribution >= 4 is 94.3 Å². The third kappa shape index (κ3) is 8.60. The molecule has 0 heterocycles. The Bertz CT molecular complexity index is 3830. The number of fused-ring (bicyclic) bond motifs is 4. The number of anilines is 9. The van der Waals surface area contributed by atoms with Crippen LogP contribution in [-0.4, -0.2) is 0 Å². The molecule has 0 saturated heterocycles. The largest absolute Gasteiger partial charge is 0.311 e. The molecule has 0 N–H and O–H groups in total. The Labute approximate surface area is 426 Å². The number of hydrogen-bond donors (Lipinski definition) is 0. The predicted molar refractivity (Wildman–Crippen MR) is 311 cm³/mol. The Hall–Kier alpha value is -9.70. The molecule has 0 radical (unpaired) electrons. The van der Waals surface area contributed by atoms with E-state index >= 15 is 0 Å². The molecule has 73 heavy (non-hydrogen) atoms. The van der Waals surface area contributed by atoms with Gasteiger partial charge in [0.25, 0.3) is 0 Å². The second-order valence-electron chi connectivity index (χ2n) is 18.7. The fourth-order valence-corrected chi connectivity index (χ4v) is 10.4. The molecular formula is C70H49N3. The van der Waals surface area contributed by atoms with Crippen molar-refractivity contribution in [1.29, 1.82) is 0 Å². The highest BCUT2D eigenvalue weighted by Gasteiger charge is 2.17. The minimum atomic E-state index is 1.09. The lowest BCUT2D eigenvalue weighted by atomic mass is 9.99. The van der Waals surface area contributed by atoms with E-state index in [9.17, 15) is 0 Å². The van der Waals surface area contributed by atoms with E-state index in [4.69, 9.17) is 0 Å². The first kappa shape index (κ1) is 43.3. The third-order valence-electron chi connectivity index (χ3n) is 14.1. The van der Waals surface area contributed by atoms with Crippen LogP contribution in [0.25, 0.3) is 65.3 Å². The van der Waals surface area contributed by atoms with E-state index in [-0.39, 0.29) is 0 Å². The van der Waals surface area contributed by atoms with Crippen LogP contribution in [0.4, 0.5) is 51.2 Å². The molecule has 0 spiro atoms. The maximum Gasteiger partial charge on any atom is 0.0468 e. The van der Waals surface area contributed by atoms with Gasteiger partial charge in [-0.1, -0.05) is 176 Å². The zero-order chi connectivity index (χ0) is 48.5. The highest BCUT2D eigenvalue weighted by atomic mass is 15.2. The van der Waals surface area contributed by atoms with Crippen molar-refractivity contribution in [2.24, 2.45) is 0 Å². The maximum atomic E-state index is 2.34. The Morgan fingerprint density at radius 2 is 0.356 bits per heavy atom. The molecular weight excluding hydrogens is 883 g/mol. The van der Waals surface area contributed by atoms with Gasteiger partial charge in [-0.25, -0.2) is 0 Å². The van der Waals surface area contributed by atoms with E-state index in [0.717, 1.165) is 51.2 Å². The normalized spacial score (nSPS) is 11.3. The summed E-state index contributed by atoms with van der Waals surface area (Å²) in [6, 6.07) is 108. The number of benzene rings is 13. The highest BCUT2D eigenvalue weighted by Crippen LogP contribution is 2.42. The number of para-hydroxylation sites is 3. The number of hydrogen-bond acceptors (Lipinski definition) is 3. The van der Waals surface area contributed by atoms with E-state index in [1.807, 2.05) is 0 Å². The van der Waals surface area contributed by atoms with Crippen molar-refractivity contribution in [1.82, 2.24) is 0 Å². The highest BCUT2D eigenvalue weighted by molar-refractivity contribution is 5.96. The summed E-state index contributed by atoms with van der Waals surface area (Å²) >= 11 is 0. The predicted octanol–water partition coefficient (Wildman–Crippen LogP) is 20.0. The van der Waals surface area contributed by atoms with Crippen LogP contribution in [0.3, 0.4) is 0 Å². The fraction of sp³-hybridized carbons (Fsp3) is 0. The average molecular weight is 932 g/mol. The quantitative estimate of drug-likeness (QED) is 0.128. The number of rotatable bonds is 11. The summed E-state index contributed by atoms with van der Waals surface area (Å²) in [5.74, 6) is 0. The zero-order valence-electron chi connectivity index (χ0n) is 40.1. The van der Waals surface area contributed by atoms with E-state index in [1.165, 1.54) is 65.3 Å². The SMILES string of the molecule is c1ccc(N(c2ccc(-c3ccc4cc(N(c5ccccc5)c5ccc6ccccc6c5)ccc4c3)cc2)c2ccc(-c3ccc4cc(N(c5ccccc5)c5ccc6ccccc6c5)ccc4c3)cc2)cc1. The molecule has 13 rings (SSSR count). The van der Waals surface area contributed by atoms with Crippen molar-refractivity contribution in [2.45, 2.75) is 0 Å². The monoisotopic (exact) mass is 931 g/mol. The first-order valence-corrected chi connectivity index (χ1v) is 25.0. The average Bonchev–Trinajstić information content (AvgIpc) is 3.46. The zero-order valence-corrected chi connectivity index (χ0v) is 40.1. The van der Waals surface area contributed by atoms with Crippen LogP contribution in [0.5, 0.6) is 0 Å². The Morgan fingerprint density at radius 3 is 0.712 bits per heavy atom. The van der Waals surface area contributed by atoms with E-state index in [2.05, 4.69) is 312 Å². The first-order valence-electron chi connectivity index (χ1n) is 25.0. The Kier molecular flexibility index (Phi) is 11.2. The van der Waals surface area contributed by atoms with E-state index in [0.29, 0.717) is 0 Å². The molecule has 0 aromatic heterocycles. The molecule has 0 aliphatic carbocycles. The van der Waals surface area contributed by atoms with Crippen molar-refractivity contribution in [3.8, 4) is 22.3 Å². The van der Waals surface area contributed by atoms with Gasteiger partial charge in [-0.3, -0.25) is 0 Å². The molecule has 13 aromatic rings. The molecule has 0 aliphatic heterocycles. The molecule has 344 valence electrons. The topological polar surface area (TPSA) is 9.72 Å². The lowest BCUT2D eigenvalue weighted by Crippen LogP contribution is -2.09. The molecule has 0 amide bonds. The molecule has 13 aromatic carbocycles. The maximum absolute atomic E-state index is 2.34. The molecule has 0 saturated carbocycles. The van der Waals surface area contributed by atoms with Gasteiger partial charge in [0.05, 0.1) is 0 Å². The van der Waals surface area contributed by atoms with Gasteiger partial charge in [0.2, 0.25) is 0 Å². The second-order valence-corrected chi connectivity index (χ2v) is 18.7. The van der Waals surface area contributed by atoms with Crippen molar-refractivity contribution in [3.63, 3.8) is 0 Å². The standard InChI is InChI=1S/C70H49N3/c1-4-18-62(19-5-1)71(65-36-28-52(29-37-65)56-24-26-60-48-69(42-34-58(60)44-56)72(63-20-6-2-7-21-63)67-40-32-50-14-10-12-16-54(50)46-67)66-38-30-53(31-39-66)57-25-27-61-49-70(43-35-59(61)45-57)73(64-22-8-3-9-23-64)68-41-33-51-15-11-13-17-55(51)47-68/h1-49H. The lowest BCUT2D eigenvalue weighted by Gasteiger charge is -2.26. The molecule has 3 nitrogen and oxygen atoms in total. The summed E-state index contributed by atoms with van der Waals surface area (Å²) in [5.41, 5.74) is 14.8. The van der Waals surface area contributed by atoms with Gasteiger partial charge in [0.1, 0.15) is 0 Å². The van der Waals surface area contributed by atoms with Gasteiger partial charge in [0.15, 0.2) is 0 Å². The summed E-state index contributed by atoms with van der Waals surface area (Å²) in [6.45, 7) is 0. The van der Waals surface area contributed by atoms with Crippen LogP contribution in [0, 0.1) is 0 Å². The van der Waals surface area contributed by atoms with Gasteiger partial charge in [-0.05, 0) is 187 Å². The van der Waals surface area contributed by atoms with Crippen LogP contribution in [0.2, 0.25) is 0 Å². The summed E-state index contributed by atoms with van der Waals surface area (Å²) < 4.78 is 0. The summed E-state index contributed by atoms with van der Waals surface area (Å²) in [6.07, 6.45) is 0. The van der Waals surface area contributed by atoms with Crippen LogP contribution in [0.15, 0.2) is 297 Å². The van der Waals surface area contributed by atoms with E-state index < -0.39 is 0 Å². The summed E-state index contributed by atoms with van der Waals surface area (Å²) in [4.78, 5) is 7.02. The third-order valence-corrected chi connectivity index (χ3v) is 14.1. The fourth-order valence-electron chi connectivity index (χ4n) is 10.4. The van der Waals surface area contributed by atoms with Crippen LogP contribution < -0.4 is 14.7 Å². The van der Waals surface area contributed by atoms with Crippen LogP contribution >= 0.6 is 0 Å². The summed E-state index contributed by atoms with van der Waals surface area (Å²) in [5, 5.41) is 9.70. The second kappa shape index (κ2) is 18.9. The van der Waals surface area contributed by atoms with Crippen molar-refractivity contribution < 1.29 is 0 Å². The van der Waals surface area contributed by atoms with Gasteiger partial charge < -0.3 is 14.7 Å². The smallest absolute Gasteiger partial charge is 0.0468 e. The van der Waals surface area contributed by atoms with Gasteiger partial charge in [-0.15, -0.1) is 0 Å². The molecule has 0 fully saturated rings. The molecule has 0 aliphatic rings. The minimum Gasteiger partial charge on any atom is -0.311 e. The van der Waals surface area contributed by atoms with Crippen molar-refractivity contribution in [2.75, 3.05) is 14.7 Å². The van der Waals surface area contributed by atoms with Crippen LogP contribution in [-0.2, 0) is 0 Å². The molecule has 0 unspecified atom stereocenters. The van der Waals surface area contributed by atoms with Gasteiger partial charge in [-0.2, -0.15) is 0 Å². The first-order chi connectivity index (χ1) is 36.1. The van der Waals surface area contributed by atoms with Gasteiger partial charge in [0, 0.05) is 51.2 Å². The van der Waals surface area contributed by atoms with Crippen molar-refractivity contribution in [3.05, 3.63) is 297 Å².